The highest BCUT2D eigenvalue weighted by Crippen LogP contribution is 2.22. The van der Waals surface area contributed by atoms with Gasteiger partial charge in [0.05, 0.1) is 6.54 Å². The van der Waals surface area contributed by atoms with Crippen molar-refractivity contribution in [2.24, 2.45) is 0 Å². The van der Waals surface area contributed by atoms with E-state index in [0.29, 0.717) is 13.1 Å². The molecule has 0 atom stereocenters. The molecule has 0 unspecified atom stereocenters. The van der Waals surface area contributed by atoms with Crippen LogP contribution in [0.2, 0.25) is 0 Å². The predicted molar refractivity (Wildman–Crippen MR) is 91.6 cm³/mol. The summed E-state index contributed by atoms with van der Waals surface area (Å²) in [5.74, 6) is -0.328. The van der Waals surface area contributed by atoms with Gasteiger partial charge >= 0.3 is 0 Å². The lowest BCUT2D eigenvalue weighted by Gasteiger charge is -2.23. The van der Waals surface area contributed by atoms with Gasteiger partial charge in [0.1, 0.15) is 0 Å². The summed E-state index contributed by atoms with van der Waals surface area (Å²) in [6, 6.07) is 3.99. The van der Waals surface area contributed by atoms with Gasteiger partial charge in [-0.15, -0.1) is 0 Å². The van der Waals surface area contributed by atoms with Crippen molar-refractivity contribution in [3.05, 3.63) is 28.8 Å². The van der Waals surface area contributed by atoms with E-state index >= 15 is 0 Å². The molecule has 0 aliphatic carbocycles. The van der Waals surface area contributed by atoms with Crippen LogP contribution in [0.5, 0.6) is 0 Å². The van der Waals surface area contributed by atoms with Crippen LogP contribution in [0.3, 0.4) is 0 Å². The van der Waals surface area contributed by atoms with Gasteiger partial charge < -0.3 is 5.32 Å². The fourth-order valence-electron chi connectivity index (χ4n) is 2.96. The summed E-state index contributed by atoms with van der Waals surface area (Å²) in [6.07, 6.45) is 1.75. The smallest absolute Gasteiger partial charge is 0.282 e. The molecule has 0 aromatic heterocycles. The van der Waals surface area contributed by atoms with Crippen molar-refractivity contribution in [3.8, 4) is 0 Å². The number of anilines is 1. The van der Waals surface area contributed by atoms with Gasteiger partial charge in [-0.25, -0.2) is 0 Å². The van der Waals surface area contributed by atoms with Crippen LogP contribution in [0.1, 0.15) is 29.5 Å². The fraction of sp³-hybridized carbons (Fsp3) is 0.562. The molecule has 1 aliphatic rings. The van der Waals surface area contributed by atoms with E-state index in [9.17, 15) is 13.2 Å². The third kappa shape index (κ3) is 4.10. The SMILES string of the molecule is Cc1cc(C)c(NC(=O)CN(C)S(=O)(=O)N2CCCC2)c(C)c1. The number of hydrogen-bond acceptors (Lipinski definition) is 3. The molecule has 1 aromatic carbocycles. The second-order valence-electron chi connectivity index (χ2n) is 6.19. The minimum absolute atomic E-state index is 0.189. The first-order chi connectivity index (χ1) is 10.7. The lowest BCUT2D eigenvalue weighted by atomic mass is 10.1. The van der Waals surface area contributed by atoms with E-state index in [2.05, 4.69) is 5.32 Å². The number of nitrogens with zero attached hydrogens (tertiary/aromatic N) is 2. The lowest BCUT2D eigenvalue weighted by molar-refractivity contribution is -0.116. The molecule has 7 heteroatoms. The highest BCUT2D eigenvalue weighted by molar-refractivity contribution is 7.86. The summed E-state index contributed by atoms with van der Waals surface area (Å²) < 4.78 is 27.3. The first-order valence-electron chi connectivity index (χ1n) is 7.81. The summed E-state index contributed by atoms with van der Waals surface area (Å²) >= 11 is 0. The molecule has 0 saturated carbocycles. The number of benzene rings is 1. The van der Waals surface area contributed by atoms with E-state index < -0.39 is 10.2 Å². The third-order valence-corrected chi connectivity index (χ3v) is 6.03. The number of hydrogen-bond donors (Lipinski definition) is 1. The van der Waals surface area contributed by atoms with E-state index in [4.69, 9.17) is 0 Å². The zero-order valence-corrected chi connectivity index (χ0v) is 15.0. The molecule has 0 radical (unpaired) electrons. The second-order valence-corrected chi connectivity index (χ2v) is 8.23. The Bertz CT molecular complexity index is 672. The molecule has 0 spiro atoms. The monoisotopic (exact) mass is 339 g/mol. The van der Waals surface area contributed by atoms with Gasteiger partial charge in [-0.3, -0.25) is 4.79 Å². The van der Waals surface area contributed by atoms with E-state index in [-0.39, 0.29) is 12.5 Å². The lowest BCUT2D eigenvalue weighted by Crippen LogP contribution is -2.43. The average molecular weight is 339 g/mol. The standard InChI is InChI=1S/C16H25N3O3S/c1-12-9-13(2)16(14(3)10-12)17-15(20)11-18(4)23(21,22)19-7-5-6-8-19/h9-10H,5-8,11H2,1-4H3,(H,17,20). The number of rotatable bonds is 5. The summed E-state index contributed by atoms with van der Waals surface area (Å²) in [5.41, 5.74) is 3.83. The maximum atomic E-state index is 12.4. The molecule has 6 nitrogen and oxygen atoms in total. The van der Waals surface area contributed by atoms with Crippen LogP contribution in [-0.2, 0) is 15.0 Å². The van der Waals surface area contributed by atoms with Gasteiger partial charge in [0, 0.05) is 25.8 Å². The molecular weight excluding hydrogens is 314 g/mol. The Hall–Kier alpha value is -1.44. The Balaban J connectivity index is 2.05. The predicted octanol–water partition coefficient (Wildman–Crippen LogP) is 1.82. The van der Waals surface area contributed by atoms with Crippen LogP contribution in [0.25, 0.3) is 0 Å². The Labute approximate surface area is 138 Å². The molecule has 1 N–H and O–H groups in total. The van der Waals surface area contributed by atoms with Crippen molar-refractivity contribution < 1.29 is 13.2 Å². The van der Waals surface area contributed by atoms with Crippen molar-refractivity contribution in [2.75, 3.05) is 32.0 Å². The van der Waals surface area contributed by atoms with Gasteiger partial charge in [0.25, 0.3) is 10.2 Å². The zero-order valence-electron chi connectivity index (χ0n) is 14.2. The van der Waals surface area contributed by atoms with E-state index in [0.717, 1.165) is 39.5 Å². The van der Waals surface area contributed by atoms with E-state index in [1.54, 1.807) is 0 Å². The van der Waals surface area contributed by atoms with E-state index in [1.165, 1.54) is 11.4 Å². The fourth-order valence-corrected chi connectivity index (χ4v) is 4.35. The quantitative estimate of drug-likeness (QED) is 0.890. The summed E-state index contributed by atoms with van der Waals surface area (Å²) in [5, 5.41) is 2.84. The number of carbonyl (C=O) groups is 1. The summed E-state index contributed by atoms with van der Waals surface area (Å²) in [6.45, 7) is 6.74. The Morgan fingerprint density at radius 3 is 2.22 bits per heavy atom. The maximum Gasteiger partial charge on any atom is 0.282 e. The van der Waals surface area contributed by atoms with Gasteiger partial charge in [0.2, 0.25) is 5.91 Å². The van der Waals surface area contributed by atoms with E-state index in [1.807, 2.05) is 32.9 Å². The summed E-state index contributed by atoms with van der Waals surface area (Å²) in [7, 11) is -2.10. The highest BCUT2D eigenvalue weighted by atomic mass is 32.2. The minimum atomic E-state index is -3.55. The maximum absolute atomic E-state index is 12.4. The topological polar surface area (TPSA) is 69.7 Å². The van der Waals surface area contributed by atoms with Crippen molar-refractivity contribution in [2.45, 2.75) is 33.6 Å². The number of likely N-dealkylation sites (N-methyl/N-ethyl adjacent to an activating group) is 1. The average Bonchev–Trinajstić information content (AvgIpc) is 2.97. The number of aryl methyl sites for hydroxylation is 3. The van der Waals surface area contributed by atoms with Crippen molar-refractivity contribution in [1.29, 1.82) is 0 Å². The Morgan fingerprint density at radius 1 is 1.17 bits per heavy atom. The van der Waals surface area contributed by atoms with Crippen LogP contribution in [0.15, 0.2) is 12.1 Å². The molecule has 1 fully saturated rings. The number of carbonyl (C=O) groups excluding carboxylic acids is 1. The van der Waals surface area contributed by atoms with Gasteiger partial charge in [0.15, 0.2) is 0 Å². The zero-order chi connectivity index (χ0) is 17.2. The summed E-state index contributed by atoms with van der Waals surface area (Å²) in [4.78, 5) is 12.2. The molecule has 2 rings (SSSR count). The molecule has 1 aromatic rings. The number of nitrogens with one attached hydrogen (secondary N) is 1. The molecule has 128 valence electrons. The van der Waals surface area contributed by atoms with Crippen LogP contribution in [0.4, 0.5) is 5.69 Å². The third-order valence-electron chi connectivity index (χ3n) is 4.09. The van der Waals surface area contributed by atoms with Crippen LogP contribution in [-0.4, -0.2) is 49.6 Å². The van der Waals surface area contributed by atoms with Crippen molar-refractivity contribution >= 4 is 21.8 Å². The molecule has 23 heavy (non-hydrogen) atoms. The Morgan fingerprint density at radius 2 is 1.70 bits per heavy atom. The van der Waals surface area contributed by atoms with Gasteiger partial charge in [-0.2, -0.15) is 17.0 Å². The van der Waals surface area contributed by atoms with Gasteiger partial charge in [-0.05, 0) is 44.7 Å². The van der Waals surface area contributed by atoms with Crippen LogP contribution in [0, 0.1) is 20.8 Å². The highest BCUT2D eigenvalue weighted by Gasteiger charge is 2.30. The van der Waals surface area contributed by atoms with Crippen LogP contribution < -0.4 is 5.32 Å². The van der Waals surface area contributed by atoms with Crippen molar-refractivity contribution in [1.82, 2.24) is 8.61 Å². The molecule has 1 aliphatic heterocycles. The molecule has 1 amide bonds. The molecule has 1 saturated heterocycles. The van der Waals surface area contributed by atoms with Crippen molar-refractivity contribution in [3.63, 3.8) is 0 Å². The molecular formula is C16H25N3O3S. The molecule has 0 bridgehead atoms. The van der Waals surface area contributed by atoms with Gasteiger partial charge in [-0.1, -0.05) is 17.7 Å². The first kappa shape index (κ1) is 17.9. The minimum Gasteiger partial charge on any atom is -0.324 e. The largest absolute Gasteiger partial charge is 0.324 e. The second kappa shape index (κ2) is 6.98. The Kier molecular flexibility index (Phi) is 5.44. The molecule has 1 heterocycles. The normalized spacial score (nSPS) is 16.0. The first-order valence-corrected chi connectivity index (χ1v) is 9.20. The number of amides is 1. The van der Waals surface area contributed by atoms with Crippen LogP contribution >= 0.6 is 0 Å².